The van der Waals surface area contributed by atoms with Crippen molar-refractivity contribution in [2.75, 3.05) is 20.8 Å². The lowest BCUT2D eigenvalue weighted by atomic mass is 10.1. The van der Waals surface area contributed by atoms with E-state index in [9.17, 15) is 10.1 Å². The number of pyridine rings is 2. The zero-order chi connectivity index (χ0) is 22.2. The van der Waals surface area contributed by atoms with Crippen molar-refractivity contribution in [2.45, 2.75) is 13.3 Å². The Kier molecular flexibility index (Phi) is 7.30. The van der Waals surface area contributed by atoms with E-state index in [1.165, 1.54) is 26.6 Å². The van der Waals surface area contributed by atoms with Gasteiger partial charge in [-0.2, -0.15) is 5.26 Å². The van der Waals surface area contributed by atoms with Crippen LogP contribution in [0.2, 0.25) is 0 Å². The number of hydrogen-bond acceptors (Lipinski definition) is 9. The topological polar surface area (TPSA) is 107 Å². The van der Waals surface area contributed by atoms with Crippen LogP contribution in [0.15, 0.2) is 36.1 Å². The maximum atomic E-state index is 11.7. The third-order valence-electron chi connectivity index (χ3n) is 4.37. The Balaban J connectivity index is 1.84. The predicted octanol–water partition coefficient (Wildman–Crippen LogP) is 3.72. The zero-order valence-electron chi connectivity index (χ0n) is 17.3. The Morgan fingerprint density at radius 1 is 1.19 bits per heavy atom. The number of esters is 1. The van der Waals surface area contributed by atoms with Crippen molar-refractivity contribution in [1.29, 1.82) is 5.26 Å². The SMILES string of the molecule is COC(=O)c1cc(C=C(C#N)c2cc(OCCc3scnc3C)c(OC)cn2)ccn1. The summed E-state index contributed by atoms with van der Waals surface area (Å²) < 4.78 is 15.9. The van der Waals surface area contributed by atoms with Gasteiger partial charge in [0, 0.05) is 23.6 Å². The number of nitrogens with zero attached hydrogens (tertiary/aromatic N) is 4. The van der Waals surface area contributed by atoms with Crippen LogP contribution in [0.1, 0.15) is 32.3 Å². The molecule has 31 heavy (non-hydrogen) atoms. The van der Waals surface area contributed by atoms with Crippen molar-refractivity contribution in [1.82, 2.24) is 15.0 Å². The molecule has 0 amide bonds. The van der Waals surface area contributed by atoms with Gasteiger partial charge in [0.25, 0.3) is 0 Å². The van der Waals surface area contributed by atoms with Gasteiger partial charge in [0.2, 0.25) is 0 Å². The second-order valence-corrected chi connectivity index (χ2v) is 7.25. The Bertz CT molecular complexity index is 1150. The van der Waals surface area contributed by atoms with Crippen molar-refractivity contribution >= 4 is 29.0 Å². The van der Waals surface area contributed by atoms with E-state index in [0.717, 1.165) is 10.6 Å². The van der Waals surface area contributed by atoms with Crippen molar-refractivity contribution in [3.63, 3.8) is 0 Å². The fourth-order valence-electron chi connectivity index (χ4n) is 2.74. The van der Waals surface area contributed by atoms with Gasteiger partial charge in [0.1, 0.15) is 11.8 Å². The number of hydrogen-bond donors (Lipinski definition) is 0. The first-order chi connectivity index (χ1) is 15.0. The maximum absolute atomic E-state index is 11.7. The summed E-state index contributed by atoms with van der Waals surface area (Å²) >= 11 is 1.59. The first kappa shape index (κ1) is 21.9. The van der Waals surface area contributed by atoms with Crippen molar-refractivity contribution in [2.24, 2.45) is 0 Å². The van der Waals surface area contributed by atoms with Crippen LogP contribution in [0.25, 0.3) is 11.6 Å². The summed E-state index contributed by atoms with van der Waals surface area (Å²) in [5, 5.41) is 9.67. The maximum Gasteiger partial charge on any atom is 0.356 e. The summed E-state index contributed by atoms with van der Waals surface area (Å²) in [5.41, 5.74) is 4.29. The number of ether oxygens (including phenoxy) is 3. The summed E-state index contributed by atoms with van der Waals surface area (Å²) in [6.45, 7) is 2.40. The normalized spacial score (nSPS) is 11.0. The van der Waals surface area contributed by atoms with E-state index in [-0.39, 0.29) is 5.69 Å². The molecule has 3 heterocycles. The third kappa shape index (κ3) is 5.43. The van der Waals surface area contributed by atoms with E-state index in [4.69, 9.17) is 9.47 Å². The average Bonchev–Trinajstić information content (AvgIpc) is 3.21. The fraction of sp³-hybridized carbons (Fsp3) is 0.227. The van der Waals surface area contributed by atoms with Crippen LogP contribution in [-0.4, -0.2) is 41.7 Å². The number of rotatable bonds is 8. The first-order valence-electron chi connectivity index (χ1n) is 9.28. The molecule has 0 bridgehead atoms. The molecule has 3 aromatic heterocycles. The van der Waals surface area contributed by atoms with Gasteiger partial charge in [-0.3, -0.25) is 4.98 Å². The first-order valence-corrected chi connectivity index (χ1v) is 10.2. The van der Waals surface area contributed by atoms with Crippen LogP contribution < -0.4 is 9.47 Å². The van der Waals surface area contributed by atoms with E-state index in [1.54, 1.807) is 35.6 Å². The number of carbonyl (C=O) groups excluding carboxylic acids is 1. The molecule has 0 aliphatic rings. The quantitative estimate of drug-likeness (QED) is 0.388. The lowest BCUT2D eigenvalue weighted by Crippen LogP contribution is -2.04. The molecule has 0 fully saturated rings. The molecule has 0 radical (unpaired) electrons. The third-order valence-corrected chi connectivity index (χ3v) is 5.36. The highest BCUT2D eigenvalue weighted by atomic mass is 32.1. The van der Waals surface area contributed by atoms with Gasteiger partial charge in [0.15, 0.2) is 11.5 Å². The van der Waals surface area contributed by atoms with Gasteiger partial charge in [-0.25, -0.2) is 14.8 Å². The minimum atomic E-state index is -0.553. The molecule has 0 spiro atoms. The van der Waals surface area contributed by atoms with E-state index in [0.29, 0.717) is 41.4 Å². The van der Waals surface area contributed by atoms with Gasteiger partial charge in [-0.15, -0.1) is 11.3 Å². The lowest BCUT2D eigenvalue weighted by molar-refractivity contribution is 0.0594. The molecule has 0 saturated carbocycles. The molecule has 0 saturated heterocycles. The highest BCUT2D eigenvalue weighted by Gasteiger charge is 2.12. The molecule has 3 rings (SSSR count). The Morgan fingerprint density at radius 2 is 2.03 bits per heavy atom. The van der Waals surface area contributed by atoms with E-state index >= 15 is 0 Å². The summed E-state index contributed by atoms with van der Waals surface area (Å²) in [6.07, 6.45) is 5.32. The molecule has 0 unspecified atom stereocenters. The van der Waals surface area contributed by atoms with Crippen LogP contribution in [0, 0.1) is 18.3 Å². The lowest BCUT2D eigenvalue weighted by Gasteiger charge is -2.11. The van der Waals surface area contributed by atoms with Gasteiger partial charge in [-0.05, 0) is 30.7 Å². The summed E-state index contributed by atoms with van der Waals surface area (Å²) in [4.78, 5) is 25.4. The van der Waals surface area contributed by atoms with Crippen LogP contribution in [0.4, 0.5) is 0 Å². The van der Waals surface area contributed by atoms with Crippen LogP contribution in [0.5, 0.6) is 11.5 Å². The summed E-state index contributed by atoms with van der Waals surface area (Å²) in [6, 6.07) is 7.03. The second-order valence-electron chi connectivity index (χ2n) is 6.32. The minimum Gasteiger partial charge on any atom is -0.491 e. The Morgan fingerprint density at radius 3 is 2.71 bits per heavy atom. The number of aryl methyl sites for hydroxylation is 1. The van der Waals surface area contributed by atoms with Crippen LogP contribution in [-0.2, 0) is 11.2 Å². The number of allylic oxidation sites excluding steroid dienone is 1. The fourth-order valence-corrected chi connectivity index (χ4v) is 3.50. The van der Waals surface area contributed by atoms with Crippen LogP contribution >= 0.6 is 11.3 Å². The molecule has 8 nitrogen and oxygen atoms in total. The molecule has 3 aromatic rings. The molecule has 158 valence electrons. The monoisotopic (exact) mass is 436 g/mol. The molecule has 0 aromatic carbocycles. The molecule has 9 heteroatoms. The number of carbonyl (C=O) groups is 1. The Labute approximate surface area is 183 Å². The minimum absolute atomic E-state index is 0.151. The van der Waals surface area contributed by atoms with E-state index < -0.39 is 5.97 Å². The molecule has 0 aliphatic carbocycles. The zero-order valence-corrected chi connectivity index (χ0v) is 18.1. The summed E-state index contributed by atoms with van der Waals surface area (Å²) in [5.74, 6) is 0.406. The molecule has 0 atom stereocenters. The molecule has 0 N–H and O–H groups in total. The van der Waals surface area contributed by atoms with Crippen molar-refractivity contribution in [3.05, 3.63) is 63.6 Å². The van der Waals surface area contributed by atoms with E-state index in [2.05, 4.69) is 25.8 Å². The van der Waals surface area contributed by atoms with Gasteiger partial charge in [-0.1, -0.05) is 0 Å². The highest BCUT2D eigenvalue weighted by Crippen LogP contribution is 2.30. The van der Waals surface area contributed by atoms with Gasteiger partial charge in [0.05, 0.1) is 49.5 Å². The number of nitriles is 1. The molecular weight excluding hydrogens is 416 g/mol. The smallest absolute Gasteiger partial charge is 0.356 e. The number of thiazole rings is 1. The Hall–Kier alpha value is -3.77. The van der Waals surface area contributed by atoms with Crippen LogP contribution in [0.3, 0.4) is 0 Å². The number of methoxy groups -OCH3 is 2. The van der Waals surface area contributed by atoms with Gasteiger partial charge < -0.3 is 14.2 Å². The van der Waals surface area contributed by atoms with Crippen molar-refractivity contribution in [3.8, 4) is 17.6 Å². The second kappa shape index (κ2) is 10.3. The standard InChI is InChI=1S/C22H20N4O4S/c1-14-21(31-13-26-14)5-7-30-19-10-17(25-12-20(19)28-2)16(11-23)8-15-4-6-24-18(9-15)22(27)29-3/h4,6,8-10,12-13H,5,7H2,1-3H3. The predicted molar refractivity (Wildman–Crippen MR) is 116 cm³/mol. The van der Waals surface area contributed by atoms with Gasteiger partial charge >= 0.3 is 5.97 Å². The largest absolute Gasteiger partial charge is 0.491 e. The summed E-state index contributed by atoms with van der Waals surface area (Å²) in [7, 11) is 2.82. The van der Waals surface area contributed by atoms with Crippen molar-refractivity contribution < 1.29 is 19.0 Å². The average molecular weight is 436 g/mol. The highest BCUT2D eigenvalue weighted by molar-refractivity contribution is 7.09. The van der Waals surface area contributed by atoms with E-state index in [1.807, 2.05) is 12.4 Å². The molecular formula is C22H20N4O4S. The molecule has 0 aliphatic heterocycles. The number of aromatic nitrogens is 3.